The summed E-state index contributed by atoms with van der Waals surface area (Å²) in [7, 11) is 1.58. The van der Waals surface area contributed by atoms with E-state index in [0.717, 1.165) is 16.7 Å². The maximum absolute atomic E-state index is 13.8. The number of benzene rings is 2. The average molecular weight is 452 g/mol. The van der Waals surface area contributed by atoms with E-state index >= 15 is 0 Å². The standard InChI is InChI=1S/C26H29NO6/c1-6-31-18-9-8-17(14-19(18)32-7-2)23-22-24(28)21-16(4)12-15(3)13-20(21)33-25(22)26(29)27(23)10-11-30-5/h8-9,12-14,23H,6-7,10-11H2,1-5H3. The summed E-state index contributed by atoms with van der Waals surface area (Å²) in [6, 6.07) is 8.66. The lowest BCUT2D eigenvalue weighted by Gasteiger charge is -2.25. The molecule has 0 spiro atoms. The van der Waals surface area contributed by atoms with Gasteiger partial charge >= 0.3 is 0 Å². The second-order valence-corrected chi connectivity index (χ2v) is 8.10. The fourth-order valence-electron chi connectivity index (χ4n) is 4.52. The fourth-order valence-corrected chi connectivity index (χ4v) is 4.52. The van der Waals surface area contributed by atoms with Gasteiger partial charge in [-0.05, 0) is 62.6 Å². The van der Waals surface area contributed by atoms with Gasteiger partial charge in [-0.2, -0.15) is 0 Å². The Kier molecular flexibility index (Phi) is 6.42. The number of ether oxygens (including phenoxy) is 3. The molecule has 0 bridgehead atoms. The van der Waals surface area contributed by atoms with Crippen molar-refractivity contribution in [2.24, 2.45) is 0 Å². The highest BCUT2D eigenvalue weighted by Crippen LogP contribution is 2.41. The van der Waals surface area contributed by atoms with Gasteiger partial charge in [-0.15, -0.1) is 0 Å². The van der Waals surface area contributed by atoms with Crippen LogP contribution in [0.2, 0.25) is 0 Å². The third-order valence-electron chi connectivity index (χ3n) is 5.83. The van der Waals surface area contributed by atoms with Crippen molar-refractivity contribution in [2.45, 2.75) is 33.7 Å². The van der Waals surface area contributed by atoms with E-state index < -0.39 is 6.04 Å². The number of nitrogens with zero attached hydrogens (tertiary/aromatic N) is 1. The maximum atomic E-state index is 13.8. The number of fused-ring (bicyclic) bond motifs is 2. The molecule has 1 aromatic heterocycles. The van der Waals surface area contributed by atoms with Gasteiger partial charge in [-0.1, -0.05) is 12.1 Å². The van der Waals surface area contributed by atoms with Crippen molar-refractivity contribution in [1.29, 1.82) is 0 Å². The van der Waals surface area contributed by atoms with Crippen molar-refractivity contribution < 1.29 is 23.4 Å². The van der Waals surface area contributed by atoms with Crippen molar-refractivity contribution in [3.05, 3.63) is 68.6 Å². The summed E-state index contributed by atoms with van der Waals surface area (Å²) in [6.45, 7) is 9.23. The van der Waals surface area contributed by atoms with Crippen LogP contribution in [-0.2, 0) is 4.74 Å². The zero-order valence-electron chi connectivity index (χ0n) is 19.7. The van der Waals surface area contributed by atoms with E-state index in [-0.39, 0.29) is 17.1 Å². The van der Waals surface area contributed by atoms with E-state index in [9.17, 15) is 9.59 Å². The predicted molar refractivity (Wildman–Crippen MR) is 125 cm³/mol. The molecule has 4 rings (SSSR count). The minimum Gasteiger partial charge on any atom is -0.490 e. The third kappa shape index (κ3) is 3.97. The Labute approximate surface area is 192 Å². The van der Waals surface area contributed by atoms with Crippen LogP contribution in [0.5, 0.6) is 11.5 Å². The number of rotatable bonds is 8. The lowest BCUT2D eigenvalue weighted by atomic mass is 9.96. The first-order valence-corrected chi connectivity index (χ1v) is 11.2. The quantitative estimate of drug-likeness (QED) is 0.505. The summed E-state index contributed by atoms with van der Waals surface area (Å²) in [5.41, 5.74) is 3.13. The summed E-state index contributed by atoms with van der Waals surface area (Å²) in [5, 5.41) is 0.502. The zero-order valence-corrected chi connectivity index (χ0v) is 19.7. The van der Waals surface area contributed by atoms with Crippen molar-refractivity contribution in [2.75, 3.05) is 33.5 Å². The third-order valence-corrected chi connectivity index (χ3v) is 5.83. The van der Waals surface area contributed by atoms with Crippen LogP contribution >= 0.6 is 0 Å². The van der Waals surface area contributed by atoms with Gasteiger partial charge in [-0.3, -0.25) is 9.59 Å². The normalized spacial score (nSPS) is 15.2. The Hall–Kier alpha value is -3.32. The highest BCUT2D eigenvalue weighted by Gasteiger charge is 2.43. The molecular weight excluding hydrogens is 422 g/mol. The number of carbonyl (C=O) groups excluding carboxylic acids is 1. The average Bonchev–Trinajstić information content (AvgIpc) is 3.05. The topological polar surface area (TPSA) is 78.2 Å². The zero-order chi connectivity index (χ0) is 23.7. The first kappa shape index (κ1) is 22.9. The van der Waals surface area contributed by atoms with E-state index in [1.165, 1.54) is 0 Å². The van der Waals surface area contributed by atoms with Crippen molar-refractivity contribution >= 4 is 16.9 Å². The van der Waals surface area contributed by atoms with E-state index in [4.69, 9.17) is 18.6 Å². The number of amides is 1. The van der Waals surface area contributed by atoms with E-state index in [1.54, 1.807) is 18.1 Å². The molecule has 33 heavy (non-hydrogen) atoms. The highest BCUT2D eigenvalue weighted by atomic mass is 16.5. The van der Waals surface area contributed by atoms with E-state index in [1.807, 2.05) is 52.0 Å². The molecule has 7 heteroatoms. The summed E-state index contributed by atoms with van der Waals surface area (Å²) < 4.78 is 22.8. The van der Waals surface area contributed by atoms with Crippen molar-refractivity contribution in [3.63, 3.8) is 0 Å². The van der Waals surface area contributed by atoms with Gasteiger partial charge in [-0.25, -0.2) is 0 Å². The minimum atomic E-state index is -0.612. The smallest absolute Gasteiger partial charge is 0.290 e. The van der Waals surface area contributed by atoms with Crippen LogP contribution < -0.4 is 14.9 Å². The molecule has 3 aromatic rings. The molecule has 0 saturated heterocycles. The van der Waals surface area contributed by atoms with Gasteiger partial charge in [0.25, 0.3) is 5.91 Å². The molecule has 0 aliphatic carbocycles. The summed E-state index contributed by atoms with van der Waals surface area (Å²) in [6.07, 6.45) is 0. The lowest BCUT2D eigenvalue weighted by molar-refractivity contribution is 0.0663. The Morgan fingerprint density at radius 1 is 1.00 bits per heavy atom. The summed E-state index contributed by atoms with van der Waals surface area (Å²) in [5.74, 6) is 0.955. The van der Waals surface area contributed by atoms with Gasteiger partial charge in [0, 0.05) is 13.7 Å². The molecular formula is C26H29NO6. The minimum absolute atomic E-state index is 0.0884. The Morgan fingerprint density at radius 3 is 2.42 bits per heavy atom. The van der Waals surface area contributed by atoms with Crippen LogP contribution in [-0.4, -0.2) is 44.3 Å². The van der Waals surface area contributed by atoms with Crippen LogP contribution in [0, 0.1) is 13.8 Å². The summed E-state index contributed by atoms with van der Waals surface area (Å²) in [4.78, 5) is 28.8. The first-order valence-electron chi connectivity index (χ1n) is 11.2. The maximum Gasteiger partial charge on any atom is 0.290 e. The van der Waals surface area contributed by atoms with Gasteiger partial charge in [0.15, 0.2) is 16.9 Å². The molecule has 0 saturated carbocycles. The van der Waals surface area contributed by atoms with Crippen molar-refractivity contribution in [3.8, 4) is 11.5 Å². The van der Waals surface area contributed by atoms with Gasteiger partial charge < -0.3 is 23.5 Å². The van der Waals surface area contributed by atoms with Crippen LogP contribution in [0.25, 0.3) is 11.0 Å². The molecule has 2 aromatic carbocycles. The number of hydrogen-bond donors (Lipinski definition) is 0. The molecule has 1 aliphatic heterocycles. The van der Waals surface area contributed by atoms with Crippen LogP contribution in [0.3, 0.4) is 0 Å². The monoisotopic (exact) mass is 451 g/mol. The van der Waals surface area contributed by atoms with Crippen LogP contribution in [0.15, 0.2) is 39.5 Å². The number of aryl methyl sites for hydroxylation is 2. The number of hydrogen-bond acceptors (Lipinski definition) is 6. The second-order valence-electron chi connectivity index (χ2n) is 8.10. The molecule has 1 unspecified atom stereocenters. The largest absolute Gasteiger partial charge is 0.490 e. The molecule has 0 radical (unpaired) electrons. The molecule has 1 aliphatic rings. The van der Waals surface area contributed by atoms with Crippen molar-refractivity contribution in [1.82, 2.24) is 4.90 Å². The van der Waals surface area contributed by atoms with E-state index in [2.05, 4.69) is 0 Å². The Morgan fingerprint density at radius 2 is 1.73 bits per heavy atom. The fraction of sp³-hybridized carbons (Fsp3) is 0.385. The van der Waals surface area contributed by atoms with Crippen LogP contribution in [0.4, 0.5) is 0 Å². The molecule has 174 valence electrons. The summed E-state index contributed by atoms with van der Waals surface area (Å²) >= 11 is 0. The molecule has 1 atom stereocenters. The molecule has 2 heterocycles. The number of methoxy groups -OCH3 is 1. The molecule has 0 N–H and O–H groups in total. The van der Waals surface area contributed by atoms with E-state index in [0.29, 0.717) is 54.4 Å². The second kappa shape index (κ2) is 9.27. The Balaban J connectivity index is 1.95. The SMILES string of the molecule is CCOc1ccc(C2c3c(oc4cc(C)cc(C)c4c3=O)C(=O)N2CCOC)cc1OCC. The lowest BCUT2D eigenvalue weighted by Crippen LogP contribution is -2.32. The van der Waals surface area contributed by atoms with Gasteiger partial charge in [0.2, 0.25) is 5.76 Å². The van der Waals surface area contributed by atoms with Gasteiger partial charge in [0.1, 0.15) is 5.58 Å². The molecule has 1 amide bonds. The van der Waals surface area contributed by atoms with Crippen LogP contribution in [0.1, 0.15) is 52.7 Å². The molecule has 0 fully saturated rings. The number of carbonyl (C=O) groups is 1. The Bertz CT molecular complexity index is 1260. The molecule has 7 nitrogen and oxygen atoms in total. The van der Waals surface area contributed by atoms with Gasteiger partial charge in [0.05, 0.1) is 36.8 Å². The predicted octanol–water partition coefficient (Wildman–Crippen LogP) is 4.40. The highest BCUT2D eigenvalue weighted by molar-refractivity contribution is 5.99. The first-order chi connectivity index (χ1) is 15.9.